The van der Waals surface area contributed by atoms with Crippen LogP contribution in [0.2, 0.25) is 0 Å². The molecule has 0 radical (unpaired) electrons. The highest BCUT2D eigenvalue weighted by molar-refractivity contribution is 5.78. The third kappa shape index (κ3) is 3.75. The van der Waals surface area contributed by atoms with Gasteiger partial charge in [0.2, 0.25) is 5.91 Å². The van der Waals surface area contributed by atoms with Gasteiger partial charge in [-0.1, -0.05) is 19.1 Å². The molecule has 0 aliphatic carbocycles. The van der Waals surface area contributed by atoms with Crippen LogP contribution in [0.5, 0.6) is 0 Å². The van der Waals surface area contributed by atoms with E-state index in [1.807, 2.05) is 6.92 Å². The number of amides is 1. The Morgan fingerprint density at radius 2 is 2.14 bits per heavy atom. The maximum atomic E-state index is 12.8. The average Bonchev–Trinajstić information content (AvgIpc) is 2.73. The summed E-state index contributed by atoms with van der Waals surface area (Å²) in [5, 5.41) is 3.00. The SMILES string of the molecule is CNC(CN1CC(C)CC1=O)c1cccc(C(F)(F)F)c1. The monoisotopic (exact) mass is 300 g/mol. The zero-order valence-corrected chi connectivity index (χ0v) is 12.1. The molecule has 1 aromatic carbocycles. The smallest absolute Gasteiger partial charge is 0.340 e. The third-order valence-electron chi connectivity index (χ3n) is 3.78. The van der Waals surface area contributed by atoms with Crippen LogP contribution in [0.25, 0.3) is 0 Å². The molecule has 2 unspecified atom stereocenters. The minimum atomic E-state index is -4.35. The summed E-state index contributed by atoms with van der Waals surface area (Å²) in [5.74, 6) is 0.367. The second-order valence-corrected chi connectivity index (χ2v) is 5.57. The first-order chi connectivity index (χ1) is 9.81. The number of nitrogens with one attached hydrogen (secondary N) is 1. The molecule has 2 rings (SSSR count). The molecular formula is C15H19F3N2O. The van der Waals surface area contributed by atoms with Crippen LogP contribution in [0, 0.1) is 5.92 Å². The maximum Gasteiger partial charge on any atom is 0.416 e. The zero-order valence-electron chi connectivity index (χ0n) is 12.1. The Hall–Kier alpha value is -1.56. The van der Waals surface area contributed by atoms with E-state index in [0.29, 0.717) is 31.0 Å². The molecule has 1 saturated heterocycles. The maximum absolute atomic E-state index is 12.8. The topological polar surface area (TPSA) is 32.3 Å². The summed E-state index contributed by atoms with van der Waals surface area (Å²) in [4.78, 5) is 13.5. The number of alkyl halides is 3. The normalized spacial score (nSPS) is 20.9. The van der Waals surface area contributed by atoms with Crippen LogP contribution in [0.3, 0.4) is 0 Å². The van der Waals surface area contributed by atoms with E-state index in [9.17, 15) is 18.0 Å². The van der Waals surface area contributed by atoms with E-state index >= 15 is 0 Å². The second kappa shape index (κ2) is 6.05. The fourth-order valence-corrected chi connectivity index (χ4v) is 2.66. The van der Waals surface area contributed by atoms with Crippen LogP contribution in [0.15, 0.2) is 24.3 Å². The average molecular weight is 300 g/mol. The van der Waals surface area contributed by atoms with Gasteiger partial charge in [-0.15, -0.1) is 0 Å². The molecule has 21 heavy (non-hydrogen) atoms. The van der Waals surface area contributed by atoms with Crippen molar-refractivity contribution in [2.24, 2.45) is 5.92 Å². The van der Waals surface area contributed by atoms with Gasteiger partial charge in [-0.25, -0.2) is 0 Å². The van der Waals surface area contributed by atoms with Crippen molar-refractivity contribution in [1.82, 2.24) is 10.2 Å². The number of rotatable bonds is 4. The molecule has 0 aromatic heterocycles. The van der Waals surface area contributed by atoms with Gasteiger partial charge in [0.05, 0.1) is 5.56 Å². The molecule has 1 aliphatic rings. The van der Waals surface area contributed by atoms with Crippen LogP contribution in [0.1, 0.15) is 30.5 Å². The second-order valence-electron chi connectivity index (χ2n) is 5.57. The van der Waals surface area contributed by atoms with Crippen molar-refractivity contribution in [2.75, 3.05) is 20.1 Å². The number of hydrogen-bond acceptors (Lipinski definition) is 2. The minimum Gasteiger partial charge on any atom is -0.340 e. The highest BCUT2D eigenvalue weighted by Crippen LogP contribution is 2.31. The van der Waals surface area contributed by atoms with Crippen molar-refractivity contribution >= 4 is 5.91 Å². The minimum absolute atomic E-state index is 0.0646. The van der Waals surface area contributed by atoms with Crippen molar-refractivity contribution in [3.8, 4) is 0 Å². The molecule has 0 spiro atoms. The van der Waals surface area contributed by atoms with Crippen molar-refractivity contribution in [3.63, 3.8) is 0 Å². The Labute approximate surface area is 122 Å². The fourth-order valence-electron chi connectivity index (χ4n) is 2.66. The van der Waals surface area contributed by atoms with E-state index in [1.54, 1.807) is 18.0 Å². The number of halogens is 3. The first-order valence-corrected chi connectivity index (χ1v) is 6.93. The molecule has 1 N–H and O–H groups in total. The van der Waals surface area contributed by atoms with E-state index < -0.39 is 11.7 Å². The standard InChI is InChI=1S/C15H19F3N2O/c1-10-6-14(21)20(8-10)9-13(19-2)11-4-3-5-12(7-11)15(16,17)18/h3-5,7,10,13,19H,6,8-9H2,1-2H3. The largest absolute Gasteiger partial charge is 0.416 e. The van der Waals surface area contributed by atoms with Crippen molar-refractivity contribution in [1.29, 1.82) is 0 Å². The lowest BCUT2D eigenvalue weighted by atomic mass is 10.0. The molecule has 0 saturated carbocycles. The molecule has 1 aromatic rings. The van der Waals surface area contributed by atoms with Crippen molar-refractivity contribution in [3.05, 3.63) is 35.4 Å². The van der Waals surface area contributed by atoms with Gasteiger partial charge in [0.1, 0.15) is 0 Å². The van der Waals surface area contributed by atoms with Crippen LogP contribution in [-0.2, 0) is 11.0 Å². The summed E-state index contributed by atoms with van der Waals surface area (Å²) in [6.45, 7) is 3.05. The van der Waals surface area contributed by atoms with E-state index in [-0.39, 0.29) is 11.9 Å². The Morgan fingerprint density at radius 3 is 2.67 bits per heavy atom. The quantitative estimate of drug-likeness (QED) is 0.927. The van der Waals surface area contributed by atoms with Crippen LogP contribution >= 0.6 is 0 Å². The molecular weight excluding hydrogens is 281 g/mol. The van der Waals surface area contributed by atoms with Crippen LogP contribution in [-0.4, -0.2) is 30.9 Å². The van der Waals surface area contributed by atoms with Gasteiger partial charge in [0, 0.05) is 25.6 Å². The Kier molecular flexibility index (Phi) is 4.56. The van der Waals surface area contributed by atoms with Gasteiger partial charge in [0.15, 0.2) is 0 Å². The predicted molar refractivity (Wildman–Crippen MR) is 73.6 cm³/mol. The molecule has 1 heterocycles. The number of carbonyl (C=O) groups excluding carboxylic acids is 1. The first-order valence-electron chi connectivity index (χ1n) is 6.93. The number of hydrogen-bond donors (Lipinski definition) is 1. The zero-order chi connectivity index (χ0) is 15.6. The summed E-state index contributed by atoms with van der Waals surface area (Å²) >= 11 is 0. The van der Waals surface area contributed by atoms with E-state index in [4.69, 9.17) is 0 Å². The summed E-state index contributed by atoms with van der Waals surface area (Å²) < 4.78 is 38.3. The molecule has 1 amide bonds. The number of carbonyl (C=O) groups is 1. The number of likely N-dealkylation sites (N-methyl/N-ethyl adjacent to an activating group) is 1. The van der Waals surface area contributed by atoms with E-state index in [1.165, 1.54) is 6.07 Å². The van der Waals surface area contributed by atoms with E-state index in [2.05, 4.69) is 5.32 Å². The summed E-state index contributed by atoms with van der Waals surface area (Å²) in [5.41, 5.74) is -0.124. The van der Waals surface area contributed by atoms with Crippen molar-refractivity contribution < 1.29 is 18.0 Å². The fraction of sp³-hybridized carbons (Fsp3) is 0.533. The van der Waals surface area contributed by atoms with Gasteiger partial charge in [0.25, 0.3) is 0 Å². The third-order valence-corrected chi connectivity index (χ3v) is 3.78. The first kappa shape index (κ1) is 15.8. The molecule has 0 bridgehead atoms. The molecule has 3 nitrogen and oxygen atoms in total. The number of likely N-dealkylation sites (tertiary alicyclic amines) is 1. The highest BCUT2D eigenvalue weighted by atomic mass is 19.4. The Morgan fingerprint density at radius 1 is 1.43 bits per heavy atom. The van der Waals surface area contributed by atoms with Crippen LogP contribution < -0.4 is 5.32 Å². The predicted octanol–water partition coefficient (Wildman–Crippen LogP) is 2.83. The summed E-state index contributed by atoms with van der Waals surface area (Å²) in [6, 6.07) is 4.95. The molecule has 116 valence electrons. The summed E-state index contributed by atoms with van der Waals surface area (Å²) in [6.07, 6.45) is -3.84. The highest BCUT2D eigenvalue weighted by Gasteiger charge is 2.32. The van der Waals surface area contributed by atoms with Gasteiger partial charge in [-0.2, -0.15) is 13.2 Å². The summed E-state index contributed by atoms with van der Waals surface area (Å²) in [7, 11) is 1.69. The Balaban J connectivity index is 2.16. The molecule has 1 aliphatic heterocycles. The molecule has 6 heteroatoms. The van der Waals surface area contributed by atoms with E-state index in [0.717, 1.165) is 12.1 Å². The number of benzene rings is 1. The number of nitrogens with zero attached hydrogens (tertiary/aromatic N) is 1. The van der Waals surface area contributed by atoms with Crippen LogP contribution in [0.4, 0.5) is 13.2 Å². The van der Waals surface area contributed by atoms with Gasteiger partial charge in [-0.3, -0.25) is 4.79 Å². The lowest BCUT2D eigenvalue weighted by molar-refractivity contribution is -0.137. The van der Waals surface area contributed by atoms with Gasteiger partial charge >= 0.3 is 6.18 Å². The molecule has 1 fully saturated rings. The Bertz CT molecular complexity index is 516. The van der Waals surface area contributed by atoms with Gasteiger partial charge < -0.3 is 10.2 Å². The van der Waals surface area contributed by atoms with Gasteiger partial charge in [-0.05, 0) is 30.7 Å². The lowest BCUT2D eigenvalue weighted by Crippen LogP contribution is -2.35. The van der Waals surface area contributed by atoms with Crippen molar-refractivity contribution in [2.45, 2.75) is 25.6 Å². The molecule has 2 atom stereocenters. The lowest BCUT2D eigenvalue weighted by Gasteiger charge is -2.24.